The Hall–Kier alpha value is -1.95. The Morgan fingerprint density at radius 2 is 2.16 bits per heavy atom. The van der Waals surface area contributed by atoms with E-state index in [9.17, 15) is 0 Å². The molecule has 0 aliphatic carbocycles. The molecule has 0 aliphatic rings. The zero-order chi connectivity index (χ0) is 13.7. The highest BCUT2D eigenvalue weighted by atomic mass is 16.4. The first-order chi connectivity index (χ1) is 9.19. The zero-order valence-corrected chi connectivity index (χ0v) is 11.6. The summed E-state index contributed by atoms with van der Waals surface area (Å²) in [5.74, 6) is 0.598. The van der Waals surface area contributed by atoms with E-state index in [-0.39, 0.29) is 0 Å². The fourth-order valence-corrected chi connectivity index (χ4v) is 1.70. The fraction of sp³-hybridized carbons (Fsp3) is 0.462. The first kappa shape index (κ1) is 13.5. The van der Waals surface area contributed by atoms with Crippen molar-refractivity contribution in [3.8, 4) is 0 Å². The molecular formula is C13H19N5O. The van der Waals surface area contributed by atoms with Crippen LogP contribution >= 0.6 is 0 Å². The molecule has 6 nitrogen and oxygen atoms in total. The number of aromatic nitrogens is 3. The molecule has 0 spiro atoms. The Balaban J connectivity index is 1.99. The van der Waals surface area contributed by atoms with Gasteiger partial charge in [-0.1, -0.05) is 18.1 Å². The number of rotatable bonds is 6. The Morgan fingerprint density at radius 1 is 1.32 bits per heavy atom. The van der Waals surface area contributed by atoms with Gasteiger partial charge in [-0.25, -0.2) is 0 Å². The van der Waals surface area contributed by atoms with Crippen LogP contribution in [0.5, 0.6) is 0 Å². The fourth-order valence-electron chi connectivity index (χ4n) is 1.70. The van der Waals surface area contributed by atoms with Crippen LogP contribution in [-0.2, 0) is 13.1 Å². The second-order valence-electron chi connectivity index (χ2n) is 4.39. The molecule has 2 aromatic heterocycles. The third-order valence-electron chi connectivity index (χ3n) is 2.65. The van der Waals surface area contributed by atoms with Crippen LogP contribution in [0.4, 0.5) is 6.01 Å². The average molecular weight is 261 g/mol. The molecular weight excluding hydrogens is 242 g/mol. The number of hydrogen-bond acceptors (Lipinski definition) is 6. The number of aryl methyl sites for hydroxylation is 1. The van der Waals surface area contributed by atoms with Gasteiger partial charge in [-0.15, -0.1) is 5.10 Å². The molecule has 2 rings (SSSR count). The number of pyridine rings is 1. The van der Waals surface area contributed by atoms with Gasteiger partial charge in [-0.3, -0.25) is 4.98 Å². The van der Waals surface area contributed by atoms with Gasteiger partial charge in [0.25, 0.3) is 0 Å². The molecule has 2 aromatic rings. The maximum Gasteiger partial charge on any atom is 0.318 e. The molecule has 0 saturated heterocycles. The highest BCUT2D eigenvalue weighted by Gasteiger charge is 2.11. The maximum absolute atomic E-state index is 5.56. The summed E-state index contributed by atoms with van der Waals surface area (Å²) in [5, 5.41) is 11.2. The first-order valence-electron chi connectivity index (χ1n) is 6.36. The highest BCUT2D eigenvalue weighted by Crippen LogP contribution is 2.13. The molecule has 0 fully saturated rings. The third-order valence-corrected chi connectivity index (χ3v) is 2.65. The van der Waals surface area contributed by atoms with Crippen LogP contribution < -0.4 is 10.2 Å². The van der Waals surface area contributed by atoms with Crippen LogP contribution in [0.1, 0.15) is 24.2 Å². The molecule has 0 aromatic carbocycles. The quantitative estimate of drug-likeness (QED) is 0.850. The Bertz CT molecular complexity index is 525. The highest BCUT2D eigenvalue weighted by molar-refractivity contribution is 5.24. The van der Waals surface area contributed by atoms with Crippen LogP contribution in [-0.4, -0.2) is 28.8 Å². The predicted molar refractivity (Wildman–Crippen MR) is 72.8 cm³/mol. The molecule has 0 atom stereocenters. The van der Waals surface area contributed by atoms with Gasteiger partial charge in [0.05, 0.1) is 18.8 Å². The van der Waals surface area contributed by atoms with Crippen molar-refractivity contribution in [3.05, 3.63) is 35.5 Å². The van der Waals surface area contributed by atoms with E-state index in [1.807, 2.05) is 44.0 Å². The number of hydrogen-bond donors (Lipinski definition) is 1. The van der Waals surface area contributed by atoms with Gasteiger partial charge in [-0.2, -0.15) is 0 Å². The zero-order valence-electron chi connectivity index (χ0n) is 11.6. The van der Waals surface area contributed by atoms with E-state index >= 15 is 0 Å². The summed E-state index contributed by atoms with van der Waals surface area (Å²) in [5.41, 5.74) is 1.98. The monoisotopic (exact) mass is 261 g/mol. The van der Waals surface area contributed by atoms with Crippen molar-refractivity contribution in [3.63, 3.8) is 0 Å². The van der Waals surface area contributed by atoms with Gasteiger partial charge >= 0.3 is 6.01 Å². The minimum Gasteiger partial charge on any atom is -0.407 e. The second kappa shape index (κ2) is 6.29. The van der Waals surface area contributed by atoms with Crippen LogP contribution in [0.3, 0.4) is 0 Å². The van der Waals surface area contributed by atoms with Gasteiger partial charge in [0.15, 0.2) is 0 Å². The summed E-state index contributed by atoms with van der Waals surface area (Å²) in [7, 11) is 1.91. The molecule has 0 amide bonds. The second-order valence-corrected chi connectivity index (χ2v) is 4.39. The van der Waals surface area contributed by atoms with E-state index in [0.29, 0.717) is 25.0 Å². The smallest absolute Gasteiger partial charge is 0.318 e. The van der Waals surface area contributed by atoms with Gasteiger partial charge in [0.1, 0.15) is 0 Å². The molecule has 0 radical (unpaired) electrons. The third kappa shape index (κ3) is 3.75. The number of anilines is 1. The van der Waals surface area contributed by atoms with E-state index in [4.69, 9.17) is 4.42 Å². The van der Waals surface area contributed by atoms with E-state index in [0.717, 1.165) is 17.9 Å². The summed E-state index contributed by atoms with van der Waals surface area (Å²) in [4.78, 5) is 6.34. The normalized spacial score (nSPS) is 10.7. The minimum absolute atomic E-state index is 0.510. The molecule has 0 unspecified atom stereocenters. The van der Waals surface area contributed by atoms with Gasteiger partial charge in [-0.05, 0) is 25.6 Å². The SMILES string of the molecule is CCNCc1nnc(N(C)Cc2cccc(C)n2)o1. The van der Waals surface area contributed by atoms with Crippen LogP contribution in [0.2, 0.25) is 0 Å². The van der Waals surface area contributed by atoms with Crippen molar-refractivity contribution in [2.45, 2.75) is 26.9 Å². The van der Waals surface area contributed by atoms with Crippen molar-refractivity contribution in [2.24, 2.45) is 0 Å². The van der Waals surface area contributed by atoms with Crippen molar-refractivity contribution < 1.29 is 4.42 Å². The van der Waals surface area contributed by atoms with E-state index < -0.39 is 0 Å². The van der Waals surface area contributed by atoms with Gasteiger partial charge in [0, 0.05) is 12.7 Å². The summed E-state index contributed by atoms with van der Waals surface area (Å²) < 4.78 is 5.56. The van der Waals surface area contributed by atoms with Crippen LogP contribution in [0.15, 0.2) is 22.6 Å². The van der Waals surface area contributed by atoms with E-state index in [1.54, 1.807) is 0 Å². The van der Waals surface area contributed by atoms with Crippen molar-refractivity contribution in [2.75, 3.05) is 18.5 Å². The topological polar surface area (TPSA) is 67.1 Å². The summed E-state index contributed by atoms with van der Waals surface area (Å²) in [6.45, 7) is 6.13. The lowest BCUT2D eigenvalue weighted by Crippen LogP contribution is -2.17. The first-order valence-corrected chi connectivity index (χ1v) is 6.36. The lowest BCUT2D eigenvalue weighted by Gasteiger charge is -2.13. The number of nitrogens with one attached hydrogen (secondary N) is 1. The minimum atomic E-state index is 0.510. The van der Waals surface area contributed by atoms with Crippen molar-refractivity contribution in [1.29, 1.82) is 0 Å². The largest absolute Gasteiger partial charge is 0.407 e. The summed E-state index contributed by atoms with van der Waals surface area (Å²) >= 11 is 0. The lowest BCUT2D eigenvalue weighted by atomic mass is 10.3. The number of nitrogens with zero attached hydrogens (tertiary/aromatic N) is 4. The molecule has 1 N–H and O–H groups in total. The van der Waals surface area contributed by atoms with E-state index in [2.05, 4.69) is 20.5 Å². The standard InChI is InChI=1S/C13H19N5O/c1-4-14-8-12-16-17-13(19-12)18(3)9-11-7-5-6-10(2)15-11/h5-7,14H,4,8-9H2,1-3H3. The summed E-state index contributed by atoms with van der Waals surface area (Å²) in [6, 6.07) is 6.47. The molecule has 0 bridgehead atoms. The summed E-state index contributed by atoms with van der Waals surface area (Å²) in [6.07, 6.45) is 0. The molecule has 19 heavy (non-hydrogen) atoms. The lowest BCUT2D eigenvalue weighted by molar-refractivity contribution is 0.468. The Kier molecular flexibility index (Phi) is 4.46. The Labute approximate surface area is 112 Å². The predicted octanol–water partition coefficient (Wildman–Crippen LogP) is 1.52. The van der Waals surface area contributed by atoms with Gasteiger partial charge in [0.2, 0.25) is 5.89 Å². The van der Waals surface area contributed by atoms with Crippen molar-refractivity contribution >= 4 is 6.01 Å². The molecule has 2 heterocycles. The van der Waals surface area contributed by atoms with Gasteiger partial charge < -0.3 is 14.6 Å². The van der Waals surface area contributed by atoms with Crippen molar-refractivity contribution in [1.82, 2.24) is 20.5 Å². The maximum atomic E-state index is 5.56. The molecule has 6 heteroatoms. The van der Waals surface area contributed by atoms with Crippen LogP contribution in [0, 0.1) is 6.92 Å². The van der Waals surface area contributed by atoms with Crippen LogP contribution in [0.25, 0.3) is 0 Å². The average Bonchev–Trinajstić information content (AvgIpc) is 2.85. The molecule has 0 aliphatic heterocycles. The molecule has 102 valence electrons. The van der Waals surface area contributed by atoms with E-state index in [1.165, 1.54) is 0 Å². The Morgan fingerprint density at radius 3 is 2.89 bits per heavy atom. The molecule has 0 saturated carbocycles.